The Labute approximate surface area is 98.6 Å². The highest BCUT2D eigenvalue weighted by Crippen LogP contribution is 2.21. The fraction of sp³-hybridized carbons (Fsp3) is 0.333. The van der Waals surface area contributed by atoms with Crippen molar-refractivity contribution in [2.24, 2.45) is 4.99 Å². The molecule has 1 aromatic carbocycles. The molecule has 84 valence electrons. The third-order valence-electron chi connectivity index (χ3n) is 2.46. The van der Waals surface area contributed by atoms with Crippen molar-refractivity contribution in [3.8, 4) is 0 Å². The van der Waals surface area contributed by atoms with Gasteiger partial charge in [-0.3, -0.25) is 4.99 Å². The monoisotopic (exact) mass is 235 g/mol. The summed E-state index contributed by atoms with van der Waals surface area (Å²) in [5.41, 5.74) is 1.27. The Hall–Kier alpha value is -1.29. The molecule has 1 unspecified atom stereocenters. The number of hydrogen-bond donors (Lipinski definition) is 1. The number of carbonyl (C=O) groups is 1. The van der Waals surface area contributed by atoms with E-state index >= 15 is 0 Å². The fourth-order valence-electron chi connectivity index (χ4n) is 1.58. The van der Waals surface area contributed by atoms with Gasteiger partial charge in [-0.15, -0.1) is 11.8 Å². The molecule has 4 heteroatoms. The van der Waals surface area contributed by atoms with E-state index in [0.29, 0.717) is 5.75 Å². The van der Waals surface area contributed by atoms with Gasteiger partial charge in [0.15, 0.2) is 6.04 Å². The van der Waals surface area contributed by atoms with Crippen molar-refractivity contribution >= 4 is 22.8 Å². The molecule has 1 N–H and O–H groups in total. The van der Waals surface area contributed by atoms with Crippen LogP contribution >= 0.6 is 11.8 Å². The number of thioether (sulfide) groups is 1. The Bertz CT molecular complexity index is 403. The molecule has 3 nitrogen and oxygen atoms in total. The van der Waals surface area contributed by atoms with Gasteiger partial charge in [-0.2, -0.15) is 0 Å². The maximum atomic E-state index is 10.7. The summed E-state index contributed by atoms with van der Waals surface area (Å²) in [4.78, 5) is 14.9. The molecule has 0 aromatic heterocycles. The van der Waals surface area contributed by atoms with Crippen molar-refractivity contribution in [3.05, 3.63) is 35.9 Å². The zero-order valence-corrected chi connectivity index (χ0v) is 9.61. The minimum absolute atomic E-state index is 0.532. The maximum Gasteiger partial charge on any atom is 0.329 e. The zero-order chi connectivity index (χ0) is 11.4. The molecule has 0 bridgehead atoms. The van der Waals surface area contributed by atoms with Crippen LogP contribution in [-0.2, 0) is 11.2 Å². The molecular formula is C12H13NO2S. The lowest BCUT2D eigenvalue weighted by Gasteiger charge is -1.99. The quantitative estimate of drug-likeness (QED) is 0.870. The molecule has 1 aromatic rings. The minimum Gasteiger partial charge on any atom is -0.480 e. The first kappa shape index (κ1) is 11.2. The Morgan fingerprint density at radius 1 is 1.38 bits per heavy atom. The smallest absolute Gasteiger partial charge is 0.329 e. The first-order valence-electron chi connectivity index (χ1n) is 5.22. The zero-order valence-electron chi connectivity index (χ0n) is 8.80. The van der Waals surface area contributed by atoms with Crippen LogP contribution in [0, 0.1) is 0 Å². The van der Waals surface area contributed by atoms with Crippen LogP contribution in [0.2, 0.25) is 0 Å². The Morgan fingerprint density at radius 2 is 2.12 bits per heavy atom. The van der Waals surface area contributed by atoms with Crippen molar-refractivity contribution in [2.45, 2.75) is 18.9 Å². The van der Waals surface area contributed by atoms with Gasteiger partial charge in [0.25, 0.3) is 0 Å². The number of aliphatic imine (C=N–C) groups is 1. The lowest BCUT2D eigenvalue weighted by atomic mass is 10.1. The van der Waals surface area contributed by atoms with E-state index < -0.39 is 12.0 Å². The number of rotatable bonds is 4. The SMILES string of the molecule is O=C(O)C1CSC(CCc2ccccc2)=N1. The molecule has 1 heterocycles. The molecule has 0 fully saturated rings. The first-order valence-corrected chi connectivity index (χ1v) is 6.20. The summed E-state index contributed by atoms with van der Waals surface area (Å²) >= 11 is 1.57. The van der Waals surface area contributed by atoms with Crippen LogP contribution in [0.4, 0.5) is 0 Å². The molecule has 16 heavy (non-hydrogen) atoms. The van der Waals surface area contributed by atoms with E-state index in [-0.39, 0.29) is 0 Å². The van der Waals surface area contributed by atoms with E-state index in [1.807, 2.05) is 18.2 Å². The third-order valence-corrected chi connectivity index (χ3v) is 3.59. The second kappa shape index (κ2) is 5.16. The minimum atomic E-state index is -0.817. The summed E-state index contributed by atoms with van der Waals surface area (Å²) in [6, 6.07) is 9.64. The van der Waals surface area contributed by atoms with Crippen molar-refractivity contribution in [3.63, 3.8) is 0 Å². The fourth-order valence-corrected chi connectivity index (χ4v) is 2.60. The molecule has 0 saturated heterocycles. The molecular weight excluding hydrogens is 222 g/mol. The maximum absolute atomic E-state index is 10.7. The number of carboxylic acids is 1. The number of benzene rings is 1. The Morgan fingerprint density at radius 3 is 2.75 bits per heavy atom. The second-order valence-electron chi connectivity index (χ2n) is 3.67. The predicted octanol–water partition coefficient (Wildman–Crippen LogP) is 2.22. The molecule has 0 aliphatic carbocycles. The van der Waals surface area contributed by atoms with E-state index in [2.05, 4.69) is 17.1 Å². The third kappa shape index (κ3) is 2.85. The Balaban J connectivity index is 1.88. The summed E-state index contributed by atoms with van der Waals surface area (Å²) in [6.45, 7) is 0. The number of hydrogen-bond acceptors (Lipinski definition) is 3. The highest BCUT2D eigenvalue weighted by molar-refractivity contribution is 8.14. The van der Waals surface area contributed by atoms with Gasteiger partial charge >= 0.3 is 5.97 Å². The van der Waals surface area contributed by atoms with Crippen LogP contribution in [0.15, 0.2) is 35.3 Å². The molecule has 1 aliphatic heterocycles. The molecule has 0 radical (unpaired) electrons. The van der Waals surface area contributed by atoms with Gasteiger partial charge in [-0.25, -0.2) is 4.79 Å². The van der Waals surface area contributed by atoms with Crippen LogP contribution < -0.4 is 0 Å². The van der Waals surface area contributed by atoms with Crippen molar-refractivity contribution in [1.82, 2.24) is 0 Å². The van der Waals surface area contributed by atoms with Crippen LogP contribution in [0.5, 0.6) is 0 Å². The molecule has 1 aliphatic rings. The summed E-state index contributed by atoms with van der Waals surface area (Å²) in [5, 5.41) is 9.76. The standard InChI is InChI=1S/C12H13NO2S/c14-12(15)10-8-16-11(13-10)7-6-9-4-2-1-3-5-9/h1-5,10H,6-8H2,(H,14,15). The summed E-state index contributed by atoms with van der Waals surface area (Å²) in [7, 11) is 0. The van der Waals surface area contributed by atoms with Crippen LogP contribution in [0.3, 0.4) is 0 Å². The lowest BCUT2D eigenvalue weighted by Crippen LogP contribution is -2.17. The van der Waals surface area contributed by atoms with Crippen LogP contribution in [0.1, 0.15) is 12.0 Å². The van der Waals surface area contributed by atoms with Crippen molar-refractivity contribution in [2.75, 3.05) is 5.75 Å². The summed E-state index contributed by atoms with van der Waals surface area (Å²) < 4.78 is 0. The molecule has 0 saturated carbocycles. The van der Waals surface area contributed by atoms with Crippen molar-refractivity contribution < 1.29 is 9.90 Å². The highest BCUT2D eigenvalue weighted by atomic mass is 32.2. The van der Waals surface area contributed by atoms with Gasteiger partial charge in [-0.05, 0) is 18.4 Å². The molecule has 0 spiro atoms. The average molecular weight is 235 g/mol. The van der Waals surface area contributed by atoms with E-state index in [1.54, 1.807) is 11.8 Å². The van der Waals surface area contributed by atoms with E-state index in [0.717, 1.165) is 17.9 Å². The molecule has 1 atom stereocenters. The van der Waals surface area contributed by atoms with Crippen LogP contribution in [0.25, 0.3) is 0 Å². The highest BCUT2D eigenvalue weighted by Gasteiger charge is 2.23. The first-order chi connectivity index (χ1) is 7.75. The molecule has 0 amide bonds. The summed E-state index contributed by atoms with van der Waals surface area (Å²) in [6.07, 6.45) is 1.78. The second-order valence-corrected chi connectivity index (χ2v) is 4.77. The topological polar surface area (TPSA) is 49.7 Å². The largest absolute Gasteiger partial charge is 0.480 e. The number of carboxylic acid groups (broad SMARTS) is 1. The van der Waals surface area contributed by atoms with E-state index in [1.165, 1.54) is 5.56 Å². The Kier molecular flexibility index (Phi) is 3.62. The van der Waals surface area contributed by atoms with Gasteiger partial charge < -0.3 is 5.11 Å². The van der Waals surface area contributed by atoms with E-state index in [9.17, 15) is 4.79 Å². The van der Waals surface area contributed by atoms with Gasteiger partial charge in [0, 0.05) is 5.75 Å². The van der Waals surface area contributed by atoms with Crippen molar-refractivity contribution in [1.29, 1.82) is 0 Å². The van der Waals surface area contributed by atoms with Crippen LogP contribution in [-0.4, -0.2) is 27.9 Å². The van der Waals surface area contributed by atoms with Gasteiger partial charge in [0.1, 0.15) is 0 Å². The number of nitrogens with zero attached hydrogens (tertiary/aromatic N) is 1. The number of aliphatic carboxylic acids is 1. The predicted molar refractivity (Wildman–Crippen MR) is 66.1 cm³/mol. The van der Waals surface area contributed by atoms with E-state index in [4.69, 9.17) is 5.11 Å². The summed E-state index contributed by atoms with van der Waals surface area (Å²) in [5.74, 6) is -0.235. The molecule has 2 rings (SSSR count). The lowest BCUT2D eigenvalue weighted by molar-refractivity contribution is -0.137. The number of aryl methyl sites for hydroxylation is 1. The average Bonchev–Trinajstić information content (AvgIpc) is 2.76. The van der Waals surface area contributed by atoms with Gasteiger partial charge in [0.2, 0.25) is 0 Å². The van der Waals surface area contributed by atoms with Gasteiger partial charge in [-0.1, -0.05) is 30.3 Å². The van der Waals surface area contributed by atoms with Gasteiger partial charge in [0.05, 0.1) is 5.04 Å². The normalized spacial score (nSPS) is 19.5.